The number of aromatic nitrogens is 2. The van der Waals surface area contributed by atoms with E-state index < -0.39 is 17.3 Å². The van der Waals surface area contributed by atoms with Crippen molar-refractivity contribution in [2.24, 2.45) is 0 Å². The molecule has 1 N–H and O–H groups in total. The highest BCUT2D eigenvalue weighted by molar-refractivity contribution is 5.67. The number of likely N-dealkylation sites (tertiary alicyclic amines) is 1. The van der Waals surface area contributed by atoms with Crippen molar-refractivity contribution in [2.75, 3.05) is 19.7 Å². The topological polar surface area (TPSA) is 49.3 Å². The van der Waals surface area contributed by atoms with Crippen LogP contribution in [0.3, 0.4) is 0 Å². The first-order chi connectivity index (χ1) is 14.0. The molecular formula is C22H20F3N3O. The third-order valence-electron chi connectivity index (χ3n) is 5.43. The number of hydrogen-bond donors (Lipinski definition) is 1. The first-order valence-electron chi connectivity index (χ1n) is 9.37. The van der Waals surface area contributed by atoms with Gasteiger partial charge in [-0.1, -0.05) is 24.3 Å². The van der Waals surface area contributed by atoms with Gasteiger partial charge in [0.05, 0.1) is 23.6 Å². The van der Waals surface area contributed by atoms with Gasteiger partial charge in [0.25, 0.3) is 0 Å². The lowest BCUT2D eigenvalue weighted by molar-refractivity contribution is -0.137. The van der Waals surface area contributed by atoms with Crippen LogP contribution in [0.15, 0.2) is 67.0 Å². The van der Waals surface area contributed by atoms with E-state index >= 15 is 0 Å². The molecule has 150 valence electrons. The molecule has 1 unspecified atom stereocenters. The minimum absolute atomic E-state index is 0.262. The van der Waals surface area contributed by atoms with Gasteiger partial charge in [-0.25, -0.2) is 0 Å². The Kier molecular flexibility index (Phi) is 5.10. The zero-order chi connectivity index (χ0) is 20.5. The zero-order valence-corrected chi connectivity index (χ0v) is 15.6. The third-order valence-corrected chi connectivity index (χ3v) is 5.43. The molecule has 0 saturated carbocycles. The normalized spacial score (nSPS) is 16.8. The summed E-state index contributed by atoms with van der Waals surface area (Å²) in [4.78, 5) is 11.0. The van der Waals surface area contributed by atoms with Gasteiger partial charge in [0.2, 0.25) is 0 Å². The summed E-state index contributed by atoms with van der Waals surface area (Å²) in [7, 11) is 0. The lowest BCUT2D eigenvalue weighted by Gasteiger charge is -2.48. The van der Waals surface area contributed by atoms with Crippen molar-refractivity contribution in [3.63, 3.8) is 0 Å². The average Bonchev–Trinajstić information content (AvgIpc) is 2.71. The number of hydrogen-bond acceptors (Lipinski definition) is 4. The molecule has 4 nitrogen and oxygen atoms in total. The Morgan fingerprint density at radius 2 is 1.72 bits per heavy atom. The number of aliphatic hydroxyl groups is 1. The van der Waals surface area contributed by atoms with E-state index in [1.165, 1.54) is 6.07 Å². The van der Waals surface area contributed by atoms with Gasteiger partial charge in [-0.3, -0.25) is 14.9 Å². The molecule has 3 aromatic rings. The molecule has 1 aliphatic heterocycles. The smallest absolute Gasteiger partial charge is 0.394 e. The molecule has 0 amide bonds. The minimum Gasteiger partial charge on any atom is -0.394 e. The number of aliphatic hydroxyl groups excluding tert-OH is 1. The fraction of sp³-hybridized carbons (Fsp3) is 0.273. The summed E-state index contributed by atoms with van der Waals surface area (Å²) in [6.07, 6.45) is -0.263. The molecule has 1 aromatic carbocycles. The average molecular weight is 399 g/mol. The molecule has 0 aliphatic carbocycles. The van der Waals surface area contributed by atoms with Gasteiger partial charge in [0, 0.05) is 36.6 Å². The van der Waals surface area contributed by atoms with Gasteiger partial charge >= 0.3 is 6.18 Å². The van der Waals surface area contributed by atoms with Crippen LogP contribution in [0.2, 0.25) is 0 Å². The van der Waals surface area contributed by atoms with Crippen LogP contribution < -0.4 is 0 Å². The molecule has 2 aromatic heterocycles. The number of rotatable bonds is 5. The summed E-state index contributed by atoms with van der Waals surface area (Å²) in [5.41, 5.74) is 0.332. The molecule has 0 spiro atoms. The summed E-state index contributed by atoms with van der Waals surface area (Å²) in [5, 5.41) is 10.6. The summed E-state index contributed by atoms with van der Waals surface area (Å²) in [6.45, 7) is 1.25. The second kappa shape index (κ2) is 7.57. The minimum atomic E-state index is -4.45. The number of nitrogens with zero attached hydrogens (tertiary/aromatic N) is 3. The van der Waals surface area contributed by atoms with Gasteiger partial charge in [-0.05, 0) is 36.8 Å². The van der Waals surface area contributed by atoms with E-state index in [0.29, 0.717) is 22.5 Å². The van der Waals surface area contributed by atoms with Crippen molar-refractivity contribution in [3.05, 3.63) is 83.8 Å². The highest BCUT2D eigenvalue weighted by Gasteiger charge is 2.45. The molecule has 1 saturated heterocycles. The van der Waals surface area contributed by atoms with E-state index in [4.69, 9.17) is 0 Å². The number of pyridine rings is 2. The fourth-order valence-electron chi connectivity index (χ4n) is 3.85. The van der Waals surface area contributed by atoms with Gasteiger partial charge in [0.15, 0.2) is 0 Å². The second-order valence-electron chi connectivity index (χ2n) is 7.05. The Morgan fingerprint density at radius 1 is 0.931 bits per heavy atom. The summed E-state index contributed by atoms with van der Waals surface area (Å²) < 4.78 is 39.8. The van der Waals surface area contributed by atoms with Crippen LogP contribution in [0.4, 0.5) is 13.2 Å². The highest BCUT2D eigenvalue weighted by atomic mass is 19.4. The summed E-state index contributed by atoms with van der Waals surface area (Å²) in [6, 6.07) is 14.1. The van der Waals surface area contributed by atoms with Gasteiger partial charge < -0.3 is 5.11 Å². The van der Waals surface area contributed by atoms with E-state index in [1.54, 1.807) is 30.6 Å². The first kappa shape index (κ1) is 19.5. The van der Waals surface area contributed by atoms with Crippen molar-refractivity contribution in [2.45, 2.75) is 18.1 Å². The highest BCUT2D eigenvalue weighted by Crippen LogP contribution is 2.42. The quantitative estimate of drug-likeness (QED) is 0.702. The Morgan fingerprint density at radius 3 is 2.34 bits per heavy atom. The largest absolute Gasteiger partial charge is 0.416 e. The van der Waals surface area contributed by atoms with E-state index in [-0.39, 0.29) is 6.61 Å². The van der Waals surface area contributed by atoms with Crippen LogP contribution in [0.25, 0.3) is 11.3 Å². The van der Waals surface area contributed by atoms with E-state index in [1.807, 2.05) is 18.2 Å². The maximum Gasteiger partial charge on any atom is 0.416 e. The van der Waals surface area contributed by atoms with Gasteiger partial charge in [-0.2, -0.15) is 13.2 Å². The van der Waals surface area contributed by atoms with Crippen molar-refractivity contribution >= 4 is 0 Å². The standard InChI is InChI=1S/C22H20F3N3O/c23-22(24,25)17-7-3-6-16(14-17)20-18(8-4-11-27-20)21(15-29,28-12-5-13-28)19-9-1-2-10-26-19/h1-4,6-11,14,29H,5,12-13,15H2. The Bertz CT molecular complexity index is 990. The van der Waals surface area contributed by atoms with Crippen LogP contribution in [0, 0.1) is 0 Å². The van der Waals surface area contributed by atoms with Crippen molar-refractivity contribution < 1.29 is 18.3 Å². The van der Waals surface area contributed by atoms with Crippen molar-refractivity contribution in [1.29, 1.82) is 0 Å². The lowest BCUT2D eigenvalue weighted by atomic mass is 9.80. The molecule has 1 aliphatic rings. The SMILES string of the molecule is OCC(c1ccccn1)(c1cccnc1-c1cccc(C(F)(F)F)c1)N1CCC1. The molecule has 4 rings (SSSR count). The fourth-order valence-corrected chi connectivity index (χ4v) is 3.85. The maximum atomic E-state index is 13.3. The molecule has 0 bridgehead atoms. The number of halogens is 3. The maximum absolute atomic E-state index is 13.3. The van der Waals surface area contributed by atoms with Gasteiger partial charge in [-0.15, -0.1) is 0 Å². The predicted molar refractivity (Wildman–Crippen MR) is 103 cm³/mol. The van der Waals surface area contributed by atoms with Crippen LogP contribution in [-0.4, -0.2) is 39.7 Å². The van der Waals surface area contributed by atoms with Gasteiger partial charge in [0.1, 0.15) is 5.54 Å². The zero-order valence-electron chi connectivity index (χ0n) is 15.6. The summed E-state index contributed by atoms with van der Waals surface area (Å²) >= 11 is 0. The molecule has 7 heteroatoms. The Hall–Kier alpha value is -2.77. The molecule has 0 radical (unpaired) electrons. The monoisotopic (exact) mass is 399 g/mol. The second-order valence-corrected chi connectivity index (χ2v) is 7.05. The van der Waals surface area contributed by atoms with Crippen LogP contribution in [0.5, 0.6) is 0 Å². The lowest BCUT2D eigenvalue weighted by Crippen LogP contribution is -2.56. The molecule has 1 fully saturated rings. The first-order valence-corrected chi connectivity index (χ1v) is 9.37. The van der Waals surface area contributed by atoms with Crippen LogP contribution >= 0.6 is 0 Å². The molecular weight excluding hydrogens is 379 g/mol. The molecule has 1 atom stereocenters. The molecule has 29 heavy (non-hydrogen) atoms. The Balaban J connectivity index is 1.93. The van der Waals surface area contributed by atoms with Crippen LogP contribution in [0.1, 0.15) is 23.2 Å². The number of alkyl halides is 3. The Labute approximate surface area is 166 Å². The van der Waals surface area contributed by atoms with Crippen molar-refractivity contribution in [1.82, 2.24) is 14.9 Å². The number of benzene rings is 1. The summed E-state index contributed by atoms with van der Waals surface area (Å²) in [5.74, 6) is 0. The van der Waals surface area contributed by atoms with E-state index in [0.717, 1.165) is 31.6 Å². The van der Waals surface area contributed by atoms with Crippen molar-refractivity contribution in [3.8, 4) is 11.3 Å². The third kappa shape index (κ3) is 3.41. The predicted octanol–water partition coefficient (Wildman–Crippen LogP) is 4.10. The van der Waals surface area contributed by atoms with E-state index in [2.05, 4.69) is 14.9 Å². The molecule has 3 heterocycles. The van der Waals surface area contributed by atoms with E-state index in [9.17, 15) is 18.3 Å². The van der Waals surface area contributed by atoms with Crippen LogP contribution in [-0.2, 0) is 11.7 Å².